The predicted octanol–water partition coefficient (Wildman–Crippen LogP) is 0.937. The summed E-state index contributed by atoms with van der Waals surface area (Å²) in [4.78, 5) is 15.4. The third-order valence-corrected chi connectivity index (χ3v) is 3.15. The molecule has 0 saturated heterocycles. The van der Waals surface area contributed by atoms with Crippen LogP contribution >= 0.6 is 0 Å². The molecule has 0 spiro atoms. The van der Waals surface area contributed by atoms with Gasteiger partial charge in [0.25, 0.3) is 5.91 Å². The molecule has 1 amide bonds. The van der Waals surface area contributed by atoms with E-state index >= 15 is 0 Å². The van der Waals surface area contributed by atoms with Crippen LogP contribution in [0.2, 0.25) is 0 Å². The summed E-state index contributed by atoms with van der Waals surface area (Å²) in [5, 5.41) is 3.62. The minimum atomic E-state index is -0.556. The maximum absolute atomic E-state index is 10.9. The van der Waals surface area contributed by atoms with E-state index in [9.17, 15) is 4.79 Å². The molecule has 0 aliphatic rings. The Hall–Kier alpha value is -1.40. The molecular weight excluding hydrogens is 244 g/mol. The van der Waals surface area contributed by atoms with Crippen molar-refractivity contribution in [2.45, 2.75) is 26.8 Å². The molecule has 6 nitrogen and oxygen atoms in total. The number of carbonyl (C=O) groups is 1. The Morgan fingerprint density at radius 3 is 2.58 bits per heavy atom. The van der Waals surface area contributed by atoms with Crippen LogP contribution in [-0.2, 0) is 6.54 Å². The Bertz CT molecular complexity index is 388. The predicted molar refractivity (Wildman–Crippen MR) is 73.8 cm³/mol. The molecule has 0 unspecified atom stereocenters. The molecule has 0 saturated carbocycles. The molecule has 19 heavy (non-hydrogen) atoms. The lowest BCUT2D eigenvalue weighted by atomic mass is 10.3. The standard InChI is InChI=1S/C13H24N4O2/c1-4-17(5-2)8-6-7-16(3)10-11-9-12(13(14)18)15-19-11/h9H,4-8,10H2,1-3H3,(H2,14,18). The van der Waals surface area contributed by atoms with Crippen molar-refractivity contribution in [1.29, 1.82) is 0 Å². The Balaban J connectivity index is 2.30. The smallest absolute Gasteiger partial charge is 0.270 e. The number of aromatic nitrogens is 1. The summed E-state index contributed by atoms with van der Waals surface area (Å²) in [7, 11) is 2.02. The number of primary amides is 1. The second kappa shape index (κ2) is 7.91. The largest absolute Gasteiger partial charge is 0.364 e. The molecule has 1 heterocycles. The van der Waals surface area contributed by atoms with Crippen molar-refractivity contribution >= 4 is 5.91 Å². The molecule has 0 atom stereocenters. The van der Waals surface area contributed by atoms with E-state index in [1.165, 1.54) is 0 Å². The van der Waals surface area contributed by atoms with Crippen LogP contribution in [-0.4, -0.2) is 54.1 Å². The average molecular weight is 268 g/mol. The zero-order valence-electron chi connectivity index (χ0n) is 12.1. The van der Waals surface area contributed by atoms with Gasteiger partial charge in [-0.25, -0.2) is 0 Å². The fourth-order valence-electron chi connectivity index (χ4n) is 1.95. The van der Waals surface area contributed by atoms with Crippen molar-refractivity contribution in [2.75, 3.05) is 33.2 Å². The average Bonchev–Trinajstić information content (AvgIpc) is 2.83. The van der Waals surface area contributed by atoms with Gasteiger partial charge in [-0.1, -0.05) is 19.0 Å². The van der Waals surface area contributed by atoms with Crippen molar-refractivity contribution < 1.29 is 9.32 Å². The van der Waals surface area contributed by atoms with Crippen molar-refractivity contribution in [3.63, 3.8) is 0 Å². The minimum Gasteiger partial charge on any atom is -0.364 e. The molecule has 1 aromatic heterocycles. The Morgan fingerprint density at radius 2 is 2.05 bits per heavy atom. The van der Waals surface area contributed by atoms with E-state index in [-0.39, 0.29) is 5.69 Å². The lowest BCUT2D eigenvalue weighted by Crippen LogP contribution is -2.28. The second-order valence-corrected chi connectivity index (χ2v) is 4.66. The molecule has 1 aromatic rings. The van der Waals surface area contributed by atoms with Gasteiger partial charge in [0.15, 0.2) is 11.5 Å². The third-order valence-electron chi connectivity index (χ3n) is 3.15. The zero-order valence-corrected chi connectivity index (χ0v) is 12.1. The van der Waals surface area contributed by atoms with E-state index in [1.54, 1.807) is 6.07 Å². The van der Waals surface area contributed by atoms with Gasteiger partial charge in [0.05, 0.1) is 6.54 Å². The van der Waals surface area contributed by atoms with E-state index in [0.29, 0.717) is 12.3 Å². The van der Waals surface area contributed by atoms with Crippen LogP contribution in [0.25, 0.3) is 0 Å². The molecule has 0 bridgehead atoms. The SMILES string of the molecule is CCN(CC)CCCN(C)Cc1cc(C(N)=O)no1. The van der Waals surface area contributed by atoms with E-state index in [1.807, 2.05) is 7.05 Å². The monoisotopic (exact) mass is 268 g/mol. The van der Waals surface area contributed by atoms with Gasteiger partial charge in [-0.05, 0) is 39.6 Å². The summed E-state index contributed by atoms with van der Waals surface area (Å²) in [5.41, 5.74) is 5.31. The molecule has 1 rings (SSSR count). The van der Waals surface area contributed by atoms with Gasteiger partial charge in [-0.3, -0.25) is 9.69 Å². The second-order valence-electron chi connectivity index (χ2n) is 4.66. The van der Waals surface area contributed by atoms with E-state index in [2.05, 4.69) is 28.8 Å². The van der Waals surface area contributed by atoms with E-state index in [4.69, 9.17) is 10.3 Å². The fraction of sp³-hybridized carbons (Fsp3) is 0.692. The first-order chi connectivity index (χ1) is 9.06. The molecule has 0 aromatic carbocycles. The summed E-state index contributed by atoms with van der Waals surface area (Å²) in [6.07, 6.45) is 1.11. The van der Waals surface area contributed by atoms with Crippen molar-refractivity contribution in [3.8, 4) is 0 Å². The number of rotatable bonds is 9. The minimum absolute atomic E-state index is 0.187. The molecule has 108 valence electrons. The highest BCUT2D eigenvalue weighted by Gasteiger charge is 2.10. The highest BCUT2D eigenvalue weighted by molar-refractivity contribution is 5.90. The van der Waals surface area contributed by atoms with Gasteiger partial charge >= 0.3 is 0 Å². The number of amides is 1. The highest BCUT2D eigenvalue weighted by Crippen LogP contribution is 2.06. The fourth-order valence-corrected chi connectivity index (χ4v) is 1.95. The summed E-state index contributed by atoms with van der Waals surface area (Å²) >= 11 is 0. The Labute approximate surface area is 114 Å². The zero-order chi connectivity index (χ0) is 14.3. The topological polar surface area (TPSA) is 75.6 Å². The molecule has 0 radical (unpaired) electrons. The van der Waals surface area contributed by atoms with Gasteiger partial charge in [-0.15, -0.1) is 0 Å². The molecular formula is C13H24N4O2. The quantitative estimate of drug-likeness (QED) is 0.721. The van der Waals surface area contributed by atoms with Crippen LogP contribution in [0.4, 0.5) is 0 Å². The van der Waals surface area contributed by atoms with Crippen molar-refractivity contribution in [2.24, 2.45) is 5.73 Å². The number of carbonyl (C=O) groups excluding carboxylic acids is 1. The number of hydrogen-bond acceptors (Lipinski definition) is 5. The van der Waals surface area contributed by atoms with Gasteiger partial charge < -0.3 is 15.2 Å². The Kier molecular flexibility index (Phi) is 6.52. The first kappa shape index (κ1) is 15.7. The first-order valence-electron chi connectivity index (χ1n) is 6.73. The number of nitrogens with zero attached hydrogens (tertiary/aromatic N) is 3. The van der Waals surface area contributed by atoms with Crippen LogP contribution in [0.3, 0.4) is 0 Å². The van der Waals surface area contributed by atoms with Crippen LogP contribution in [0.15, 0.2) is 10.6 Å². The molecule has 0 aliphatic carbocycles. The molecule has 2 N–H and O–H groups in total. The van der Waals surface area contributed by atoms with E-state index in [0.717, 1.165) is 32.6 Å². The van der Waals surface area contributed by atoms with Gasteiger partial charge in [0.1, 0.15) is 0 Å². The first-order valence-corrected chi connectivity index (χ1v) is 6.73. The summed E-state index contributed by atoms with van der Waals surface area (Å²) < 4.78 is 5.06. The summed E-state index contributed by atoms with van der Waals surface area (Å²) in [6, 6.07) is 1.60. The van der Waals surface area contributed by atoms with Crippen LogP contribution in [0.5, 0.6) is 0 Å². The van der Waals surface area contributed by atoms with Crippen LogP contribution in [0.1, 0.15) is 36.5 Å². The number of hydrogen-bond donors (Lipinski definition) is 1. The highest BCUT2D eigenvalue weighted by atomic mass is 16.5. The normalized spacial score (nSPS) is 11.4. The van der Waals surface area contributed by atoms with Crippen LogP contribution in [0, 0.1) is 0 Å². The summed E-state index contributed by atoms with van der Waals surface area (Å²) in [6.45, 7) is 9.23. The van der Waals surface area contributed by atoms with Gasteiger partial charge in [0, 0.05) is 6.07 Å². The van der Waals surface area contributed by atoms with Crippen LogP contribution < -0.4 is 5.73 Å². The molecule has 0 aliphatic heterocycles. The maximum Gasteiger partial charge on any atom is 0.270 e. The maximum atomic E-state index is 10.9. The number of nitrogens with two attached hydrogens (primary N) is 1. The van der Waals surface area contributed by atoms with Gasteiger partial charge in [0.2, 0.25) is 0 Å². The van der Waals surface area contributed by atoms with E-state index < -0.39 is 5.91 Å². The Morgan fingerprint density at radius 1 is 1.37 bits per heavy atom. The van der Waals surface area contributed by atoms with Gasteiger partial charge in [-0.2, -0.15) is 0 Å². The molecule has 6 heteroatoms. The third kappa shape index (κ3) is 5.40. The van der Waals surface area contributed by atoms with Crippen molar-refractivity contribution in [1.82, 2.24) is 15.0 Å². The lowest BCUT2D eigenvalue weighted by Gasteiger charge is -2.20. The summed E-state index contributed by atoms with van der Waals surface area (Å²) in [5.74, 6) is 0.110. The van der Waals surface area contributed by atoms with Crippen molar-refractivity contribution in [3.05, 3.63) is 17.5 Å². The molecule has 0 fully saturated rings. The lowest BCUT2D eigenvalue weighted by molar-refractivity contribution is 0.0991.